The summed E-state index contributed by atoms with van der Waals surface area (Å²) in [6.45, 7) is 0.504. The number of epoxide rings is 1. The van der Waals surface area contributed by atoms with Gasteiger partial charge in [0.2, 0.25) is 0 Å². The fraction of sp³-hybridized carbons (Fsp3) is 0.286. The molecule has 60 valence electrons. The summed E-state index contributed by atoms with van der Waals surface area (Å²) in [5.74, 6) is -0.285. The van der Waals surface area contributed by atoms with Crippen LogP contribution in [-0.4, -0.2) is 48.2 Å². The Morgan fingerprint density at radius 2 is 2.50 bits per heavy atom. The molecule has 0 spiro atoms. The molecule has 0 N–H and O–H groups in total. The van der Waals surface area contributed by atoms with Crippen molar-refractivity contribution in [3.63, 3.8) is 0 Å². The molecule has 0 aliphatic carbocycles. The normalized spacial score (nSPS) is 19.5. The molecule has 3 nitrogen and oxygen atoms in total. The molecule has 5 heteroatoms. The fourth-order valence-corrected chi connectivity index (χ4v) is 1.25. The SMILES string of the molecule is O=C(Oc1cccs1)C1CO1.[NaH]. The first kappa shape index (κ1) is 10.2. The second kappa shape index (κ2) is 4.39. The minimum atomic E-state index is -0.308. The van der Waals surface area contributed by atoms with Gasteiger partial charge in [-0.2, -0.15) is 0 Å². The molecule has 1 aliphatic rings. The molecule has 1 unspecified atom stereocenters. The summed E-state index contributed by atoms with van der Waals surface area (Å²) in [6, 6.07) is 3.59. The van der Waals surface area contributed by atoms with Crippen LogP contribution in [0.25, 0.3) is 0 Å². The van der Waals surface area contributed by atoms with Crippen molar-refractivity contribution in [1.82, 2.24) is 0 Å². The summed E-state index contributed by atoms with van der Waals surface area (Å²) >= 11 is 1.40. The molecule has 1 atom stereocenters. The van der Waals surface area contributed by atoms with E-state index in [9.17, 15) is 4.79 Å². The van der Waals surface area contributed by atoms with Gasteiger partial charge in [-0.15, -0.1) is 11.3 Å². The number of carbonyl (C=O) groups is 1. The second-order valence-corrected chi connectivity index (χ2v) is 3.09. The predicted molar refractivity (Wildman–Crippen MR) is 46.8 cm³/mol. The number of esters is 1. The maximum absolute atomic E-state index is 10.9. The van der Waals surface area contributed by atoms with E-state index in [0.29, 0.717) is 11.7 Å². The first-order chi connectivity index (χ1) is 5.36. The molecule has 0 bridgehead atoms. The fourth-order valence-electron chi connectivity index (χ4n) is 0.671. The quantitative estimate of drug-likeness (QED) is 0.388. The number of thiophene rings is 1. The Balaban J connectivity index is 0.000000720. The molecule has 0 amide bonds. The monoisotopic (exact) mass is 194 g/mol. The molecule has 0 radical (unpaired) electrons. The van der Waals surface area contributed by atoms with Crippen molar-refractivity contribution in [3.05, 3.63) is 17.5 Å². The molecule has 2 rings (SSSR count). The average molecular weight is 194 g/mol. The molecule has 12 heavy (non-hydrogen) atoms. The Morgan fingerprint density at radius 1 is 1.75 bits per heavy atom. The average Bonchev–Trinajstić information content (AvgIpc) is 2.73. The van der Waals surface area contributed by atoms with Gasteiger partial charge in [0.1, 0.15) is 0 Å². The summed E-state index contributed by atoms with van der Waals surface area (Å²) in [7, 11) is 0. The molecule has 0 aromatic carbocycles. The number of hydrogen-bond donors (Lipinski definition) is 0. The molecule has 1 aromatic heterocycles. The third kappa shape index (κ3) is 2.57. The topological polar surface area (TPSA) is 38.8 Å². The van der Waals surface area contributed by atoms with E-state index in [1.807, 2.05) is 11.4 Å². The van der Waals surface area contributed by atoms with E-state index in [-0.39, 0.29) is 41.6 Å². The number of hydrogen-bond acceptors (Lipinski definition) is 4. The Bertz CT molecular complexity index is 256. The van der Waals surface area contributed by atoms with Crippen LogP contribution in [-0.2, 0) is 9.53 Å². The van der Waals surface area contributed by atoms with E-state index in [2.05, 4.69) is 0 Å². The predicted octanol–water partition coefficient (Wildman–Crippen LogP) is 0.404. The molecule has 1 aliphatic heterocycles. The van der Waals surface area contributed by atoms with E-state index in [1.165, 1.54) is 11.3 Å². The van der Waals surface area contributed by atoms with Crippen molar-refractivity contribution in [1.29, 1.82) is 0 Å². The third-order valence-electron chi connectivity index (χ3n) is 1.29. The maximum atomic E-state index is 10.9. The summed E-state index contributed by atoms with van der Waals surface area (Å²) < 4.78 is 9.68. The number of carbonyl (C=O) groups excluding carboxylic acids is 1. The van der Waals surface area contributed by atoms with E-state index >= 15 is 0 Å². The first-order valence-electron chi connectivity index (χ1n) is 3.23. The number of rotatable bonds is 2. The van der Waals surface area contributed by atoms with E-state index in [4.69, 9.17) is 9.47 Å². The molecule has 2 heterocycles. The minimum absolute atomic E-state index is 0. The van der Waals surface area contributed by atoms with Crippen LogP contribution in [0.1, 0.15) is 0 Å². The van der Waals surface area contributed by atoms with Crippen LogP contribution in [0.3, 0.4) is 0 Å². The van der Waals surface area contributed by atoms with E-state index in [0.717, 1.165) is 0 Å². The summed E-state index contributed by atoms with van der Waals surface area (Å²) in [5, 5.41) is 2.49. The Morgan fingerprint density at radius 3 is 3.00 bits per heavy atom. The molecular weight excluding hydrogens is 187 g/mol. The van der Waals surface area contributed by atoms with Gasteiger partial charge in [-0.1, -0.05) is 0 Å². The zero-order valence-electron chi connectivity index (χ0n) is 5.65. The van der Waals surface area contributed by atoms with Gasteiger partial charge >= 0.3 is 35.5 Å². The zero-order chi connectivity index (χ0) is 7.68. The summed E-state index contributed by atoms with van der Waals surface area (Å²) in [6.07, 6.45) is -0.308. The summed E-state index contributed by atoms with van der Waals surface area (Å²) in [4.78, 5) is 10.9. The Kier molecular flexibility index (Phi) is 3.74. The van der Waals surface area contributed by atoms with E-state index in [1.54, 1.807) is 6.07 Å². The third-order valence-corrected chi connectivity index (χ3v) is 2.04. The molecule has 1 saturated heterocycles. The standard InChI is InChI=1S/C7H6O3S.Na.H/c8-7(5-4-9-5)10-6-2-1-3-11-6;;/h1-3,5H,4H2;;. The van der Waals surface area contributed by atoms with Gasteiger partial charge in [0.15, 0.2) is 11.2 Å². The second-order valence-electron chi connectivity index (χ2n) is 2.18. The summed E-state index contributed by atoms with van der Waals surface area (Å²) in [5.41, 5.74) is 0. The molecule has 1 fully saturated rings. The van der Waals surface area contributed by atoms with Gasteiger partial charge in [0, 0.05) is 0 Å². The van der Waals surface area contributed by atoms with Crippen molar-refractivity contribution in [2.45, 2.75) is 6.10 Å². The van der Waals surface area contributed by atoms with Crippen molar-refractivity contribution in [2.75, 3.05) is 6.61 Å². The van der Waals surface area contributed by atoms with Crippen molar-refractivity contribution >= 4 is 46.9 Å². The van der Waals surface area contributed by atoms with Gasteiger partial charge in [0.25, 0.3) is 0 Å². The van der Waals surface area contributed by atoms with E-state index < -0.39 is 0 Å². The van der Waals surface area contributed by atoms with Crippen LogP contribution in [0.5, 0.6) is 5.06 Å². The molecular formula is C7H7NaO3S. The Labute approximate surface area is 96.0 Å². The first-order valence-corrected chi connectivity index (χ1v) is 4.11. The number of ether oxygens (including phenoxy) is 2. The van der Waals surface area contributed by atoms with Crippen LogP contribution >= 0.6 is 11.3 Å². The van der Waals surface area contributed by atoms with Gasteiger partial charge in [-0.3, -0.25) is 0 Å². The van der Waals surface area contributed by atoms with Crippen molar-refractivity contribution in [3.8, 4) is 5.06 Å². The van der Waals surface area contributed by atoms with Crippen LogP contribution < -0.4 is 4.74 Å². The van der Waals surface area contributed by atoms with Gasteiger partial charge in [-0.05, 0) is 17.5 Å². The molecule has 1 aromatic rings. The van der Waals surface area contributed by atoms with Crippen LogP contribution in [0.4, 0.5) is 0 Å². The van der Waals surface area contributed by atoms with Crippen molar-refractivity contribution in [2.24, 2.45) is 0 Å². The van der Waals surface area contributed by atoms with Crippen molar-refractivity contribution < 1.29 is 14.3 Å². The van der Waals surface area contributed by atoms with Crippen LogP contribution in [0.15, 0.2) is 17.5 Å². The zero-order valence-corrected chi connectivity index (χ0v) is 6.47. The Hall–Kier alpha value is 0.130. The van der Waals surface area contributed by atoms with Gasteiger partial charge in [-0.25, -0.2) is 4.79 Å². The molecule has 0 saturated carbocycles. The van der Waals surface area contributed by atoms with Crippen LogP contribution in [0.2, 0.25) is 0 Å². The van der Waals surface area contributed by atoms with Gasteiger partial charge in [0.05, 0.1) is 6.61 Å². The van der Waals surface area contributed by atoms with Crippen LogP contribution in [0, 0.1) is 0 Å². The van der Waals surface area contributed by atoms with Gasteiger partial charge < -0.3 is 9.47 Å².